The second-order valence-corrected chi connectivity index (χ2v) is 3.61. The highest BCUT2D eigenvalue weighted by Gasteiger charge is 2.34. The molecular weight excluding hydrogens is 261 g/mol. The van der Waals surface area contributed by atoms with E-state index < -0.39 is 16.6 Å². The van der Waals surface area contributed by atoms with Crippen LogP contribution >= 0.6 is 15.9 Å². The van der Waals surface area contributed by atoms with Crippen LogP contribution in [0.3, 0.4) is 0 Å². The van der Waals surface area contributed by atoms with Gasteiger partial charge in [-0.05, 0) is 11.6 Å². The molecule has 1 rings (SSSR count). The Bertz CT molecular complexity index is 335. The summed E-state index contributed by atoms with van der Waals surface area (Å²) in [5.41, 5.74) is -0.844. The average Bonchev–Trinajstić information content (AvgIpc) is 2.15. The molecule has 0 saturated heterocycles. The monoisotopic (exact) mass is 266 g/mol. The van der Waals surface area contributed by atoms with Gasteiger partial charge in [0.1, 0.15) is 6.29 Å². The van der Waals surface area contributed by atoms with Crippen molar-refractivity contribution in [2.75, 3.05) is 0 Å². The summed E-state index contributed by atoms with van der Waals surface area (Å²) < 4.78 is 37.2. The summed E-state index contributed by atoms with van der Waals surface area (Å²) in [5, 5.41) is 0. The highest BCUT2D eigenvalue weighted by molar-refractivity contribution is 9.09. The van der Waals surface area contributed by atoms with Crippen LogP contribution in [-0.4, -0.2) is 6.29 Å². The van der Waals surface area contributed by atoms with Crippen molar-refractivity contribution in [1.82, 2.24) is 0 Å². The largest absolute Gasteiger partial charge is 0.416 e. The SMILES string of the molecule is O=CC(Br)c1ccccc1C(F)(F)F. The van der Waals surface area contributed by atoms with Crippen molar-refractivity contribution in [3.63, 3.8) is 0 Å². The normalized spacial score (nSPS) is 13.7. The van der Waals surface area contributed by atoms with Gasteiger partial charge in [0.05, 0.1) is 10.4 Å². The van der Waals surface area contributed by atoms with E-state index in [1.54, 1.807) is 0 Å². The number of hydrogen-bond donors (Lipinski definition) is 0. The third-order valence-corrected chi connectivity index (χ3v) is 2.39. The molecule has 1 unspecified atom stereocenters. The van der Waals surface area contributed by atoms with E-state index in [1.165, 1.54) is 18.2 Å². The smallest absolute Gasteiger partial charge is 0.302 e. The highest BCUT2D eigenvalue weighted by atomic mass is 79.9. The molecule has 1 nitrogen and oxygen atoms in total. The standard InChI is InChI=1S/C9H6BrF3O/c10-8(5-14)6-3-1-2-4-7(6)9(11,12)13/h1-5,8H. The number of carbonyl (C=O) groups excluding carboxylic acids is 1. The Hall–Kier alpha value is -0.840. The first-order valence-electron chi connectivity index (χ1n) is 3.72. The van der Waals surface area contributed by atoms with Gasteiger partial charge in [-0.2, -0.15) is 13.2 Å². The number of benzene rings is 1. The van der Waals surface area contributed by atoms with Crippen LogP contribution in [0.25, 0.3) is 0 Å². The van der Waals surface area contributed by atoms with Crippen LogP contribution in [0.15, 0.2) is 24.3 Å². The van der Waals surface area contributed by atoms with E-state index in [4.69, 9.17) is 0 Å². The molecule has 0 aromatic heterocycles. The predicted octanol–water partition coefficient (Wildman–Crippen LogP) is 3.34. The summed E-state index contributed by atoms with van der Waals surface area (Å²) in [6.07, 6.45) is -4.00. The fourth-order valence-corrected chi connectivity index (χ4v) is 1.47. The lowest BCUT2D eigenvalue weighted by atomic mass is 10.1. The Balaban J connectivity index is 3.22. The Morgan fingerprint density at radius 2 is 1.86 bits per heavy atom. The van der Waals surface area contributed by atoms with Gasteiger partial charge in [-0.1, -0.05) is 34.1 Å². The van der Waals surface area contributed by atoms with Crippen molar-refractivity contribution >= 4 is 22.2 Å². The van der Waals surface area contributed by atoms with Crippen molar-refractivity contribution in [3.05, 3.63) is 35.4 Å². The Labute approximate surface area is 87.1 Å². The minimum atomic E-state index is -4.42. The maximum absolute atomic E-state index is 12.4. The minimum absolute atomic E-state index is 0.0602. The van der Waals surface area contributed by atoms with Crippen LogP contribution in [0.5, 0.6) is 0 Å². The van der Waals surface area contributed by atoms with Gasteiger partial charge in [0.15, 0.2) is 0 Å². The molecule has 0 aliphatic carbocycles. The summed E-state index contributed by atoms with van der Waals surface area (Å²) in [4.78, 5) is 9.45. The fraction of sp³-hybridized carbons (Fsp3) is 0.222. The lowest BCUT2D eigenvalue weighted by Crippen LogP contribution is -2.10. The Morgan fingerprint density at radius 1 is 1.29 bits per heavy atom. The molecule has 0 radical (unpaired) electrons. The zero-order valence-electron chi connectivity index (χ0n) is 6.88. The van der Waals surface area contributed by atoms with Gasteiger partial charge in [0.25, 0.3) is 0 Å². The molecular formula is C9H6BrF3O. The van der Waals surface area contributed by atoms with Gasteiger partial charge in [0, 0.05) is 0 Å². The average molecular weight is 267 g/mol. The molecule has 0 saturated carbocycles. The molecule has 0 fully saturated rings. The second-order valence-electron chi connectivity index (χ2n) is 2.62. The van der Waals surface area contributed by atoms with Gasteiger partial charge in [-0.15, -0.1) is 0 Å². The first-order valence-corrected chi connectivity index (χ1v) is 4.64. The lowest BCUT2D eigenvalue weighted by Gasteiger charge is -2.13. The molecule has 1 atom stereocenters. The molecule has 1 aromatic rings. The van der Waals surface area contributed by atoms with Gasteiger partial charge < -0.3 is 4.79 Å². The van der Waals surface area contributed by atoms with Crippen LogP contribution in [0.2, 0.25) is 0 Å². The lowest BCUT2D eigenvalue weighted by molar-refractivity contribution is -0.138. The number of aldehydes is 1. The van der Waals surface area contributed by atoms with Crippen LogP contribution < -0.4 is 0 Å². The topological polar surface area (TPSA) is 17.1 Å². The summed E-state index contributed by atoms with van der Waals surface area (Å²) >= 11 is 2.86. The molecule has 76 valence electrons. The Kier molecular flexibility index (Phi) is 3.31. The van der Waals surface area contributed by atoms with Gasteiger partial charge in [0.2, 0.25) is 0 Å². The Morgan fingerprint density at radius 3 is 2.36 bits per heavy atom. The molecule has 1 aromatic carbocycles. The maximum atomic E-state index is 12.4. The van der Waals surface area contributed by atoms with Crippen LogP contribution in [0.4, 0.5) is 13.2 Å². The highest BCUT2D eigenvalue weighted by Crippen LogP contribution is 2.36. The van der Waals surface area contributed by atoms with E-state index in [1.807, 2.05) is 0 Å². The molecule has 0 bridgehead atoms. The third-order valence-electron chi connectivity index (χ3n) is 1.68. The number of hydrogen-bond acceptors (Lipinski definition) is 1. The number of rotatable bonds is 2. The van der Waals surface area contributed by atoms with E-state index >= 15 is 0 Å². The summed E-state index contributed by atoms with van der Waals surface area (Å²) in [6.45, 7) is 0. The van der Waals surface area contributed by atoms with E-state index in [0.29, 0.717) is 6.29 Å². The van der Waals surface area contributed by atoms with E-state index in [9.17, 15) is 18.0 Å². The van der Waals surface area contributed by atoms with Crippen molar-refractivity contribution in [2.45, 2.75) is 11.0 Å². The molecule has 0 N–H and O–H groups in total. The molecule has 5 heteroatoms. The first-order chi connectivity index (χ1) is 6.46. The summed E-state index contributed by atoms with van der Waals surface area (Å²) in [7, 11) is 0. The van der Waals surface area contributed by atoms with Gasteiger partial charge in [-0.25, -0.2) is 0 Å². The predicted molar refractivity (Wildman–Crippen MR) is 49.2 cm³/mol. The number of halogens is 4. The molecule has 14 heavy (non-hydrogen) atoms. The second kappa shape index (κ2) is 4.13. The summed E-state index contributed by atoms with van der Waals surface area (Å²) in [5.74, 6) is 0. The summed E-state index contributed by atoms with van der Waals surface area (Å²) in [6, 6.07) is 4.98. The van der Waals surface area contributed by atoms with Crippen LogP contribution in [0, 0.1) is 0 Å². The van der Waals surface area contributed by atoms with E-state index in [-0.39, 0.29) is 5.56 Å². The molecule has 0 spiro atoms. The van der Waals surface area contributed by atoms with Crippen LogP contribution in [0.1, 0.15) is 16.0 Å². The maximum Gasteiger partial charge on any atom is 0.416 e. The number of alkyl halides is 4. The van der Waals surface area contributed by atoms with Gasteiger partial charge in [-0.3, -0.25) is 0 Å². The zero-order valence-corrected chi connectivity index (χ0v) is 8.47. The van der Waals surface area contributed by atoms with Crippen molar-refractivity contribution in [2.24, 2.45) is 0 Å². The molecule has 0 aliphatic rings. The molecule has 0 heterocycles. The van der Waals surface area contributed by atoms with Crippen molar-refractivity contribution < 1.29 is 18.0 Å². The quantitative estimate of drug-likeness (QED) is 0.593. The van der Waals surface area contributed by atoms with E-state index in [0.717, 1.165) is 6.07 Å². The molecule has 0 aliphatic heterocycles. The minimum Gasteiger partial charge on any atom is -0.302 e. The molecule has 0 amide bonds. The first kappa shape index (κ1) is 11.2. The number of carbonyl (C=O) groups is 1. The third kappa shape index (κ3) is 2.35. The fourth-order valence-electron chi connectivity index (χ4n) is 1.07. The van der Waals surface area contributed by atoms with Gasteiger partial charge >= 0.3 is 6.18 Å². The van der Waals surface area contributed by atoms with Crippen LogP contribution in [-0.2, 0) is 11.0 Å². The van der Waals surface area contributed by atoms with E-state index in [2.05, 4.69) is 15.9 Å². The van der Waals surface area contributed by atoms with Crippen molar-refractivity contribution in [1.29, 1.82) is 0 Å². The zero-order chi connectivity index (χ0) is 10.8. The van der Waals surface area contributed by atoms with Crippen molar-refractivity contribution in [3.8, 4) is 0 Å².